The number of amides is 1. The molecule has 2 N–H and O–H groups in total. The van der Waals surface area contributed by atoms with Crippen LogP contribution in [0, 0.1) is 16.3 Å². The SMILES string of the molecule is Cc1cc(I)ccc1Nc1ccc(F)cc1C(=O)NCCCN1CCCCC1. The maximum Gasteiger partial charge on any atom is 0.253 e. The highest BCUT2D eigenvalue weighted by Gasteiger charge is 2.14. The van der Waals surface area contributed by atoms with Gasteiger partial charge in [-0.25, -0.2) is 4.39 Å². The van der Waals surface area contributed by atoms with E-state index in [0.29, 0.717) is 17.8 Å². The van der Waals surface area contributed by atoms with Crippen molar-refractivity contribution in [3.63, 3.8) is 0 Å². The van der Waals surface area contributed by atoms with E-state index in [-0.39, 0.29) is 5.91 Å². The Kier molecular flexibility index (Phi) is 7.67. The summed E-state index contributed by atoms with van der Waals surface area (Å²) in [4.78, 5) is 15.1. The molecule has 1 aliphatic heterocycles. The molecule has 6 heteroatoms. The third-order valence-electron chi connectivity index (χ3n) is 5.07. The van der Waals surface area contributed by atoms with Crippen LogP contribution in [0.5, 0.6) is 0 Å². The van der Waals surface area contributed by atoms with Crippen LogP contribution in [-0.2, 0) is 0 Å². The highest BCUT2D eigenvalue weighted by molar-refractivity contribution is 14.1. The third kappa shape index (κ3) is 5.91. The Labute approximate surface area is 180 Å². The molecule has 0 unspecified atom stereocenters. The van der Waals surface area contributed by atoms with Gasteiger partial charge in [0, 0.05) is 15.8 Å². The fourth-order valence-corrected chi connectivity index (χ4v) is 4.16. The molecule has 1 heterocycles. The Morgan fingerprint density at radius 3 is 2.61 bits per heavy atom. The average Bonchev–Trinajstić information content (AvgIpc) is 2.69. The molecule has 28 heavy (non-hydrogen) atoms. The molecule has 1 saturated heterocycles. The van der Waals surface area contributed by atoms with Gasteiger partial charge in [0.25, 0.3) is 5.91 Å². The van der Waals surface area contributed by atoms with Crippen LogP contribution in [0.15, 0.2) is 36.4 Å². The minimum Gasteiger partial charge on any atom is -0.355 e. The van der Waals surface area contributed by atoms with E-state index in [1.54, 1.807) is 6.07 Å². The summed E-state index contributed by atoms with van der Waals surface area (Å²) in [6.07, 6.45) is 4.76. The first-order chi connectivity index (χ1) is 13.5. The van der Waals surface area contributed by atoms with Crippen LogP contribution in [0.3, 0.4) is 0 Å². The minimum atomic E-state index is -0.414. The first-order valence-corrected chi connectivity index (χ1v) is 10.9. The number of piperidine rings is 1. The van der Waals surface area contributed by atoms with Crippen molar-refractivity contribution in [2.45, 2.75) is 32.6 Å². The molecular weight excluding hydrogens is 468 g/mol. The van der Waals surface area contributed by atoms with Gasteiger partial charge < -0.3 is 15.5 Å². The molecule has 1 fully saturated rings. The number of likely N-dealkylation sites (tertiary alicyclic amines) is 1. The molecule has 1 aliphatic rings. The molecule has 4 nitrogen and oxygen atoms in total. The number of benzene rings is 2. The van der Waals surface area contributed by atoms with Crippen molar-refractivity contribution in [2.75, 3.05) is 31.5 Å². The van der Waals surface area contributed by atoms with Gasteiger partial charge in [0.1, 0.15) is 5.82 Å². The van der Waals surface area contributed by atoms with Gasteiger partial charge in [-0.15, -0.1) is 0 Å². The van der Waals surface area contributed by atoms with Crippen molar-refractivity contribution in [1.29, 1.82) is 0 Å². The molecule has 0 spiro atoms. The molecule has 0 bridgehead atoms. The number of carbonyl (C=O) groups is 1. The van der Waals surface area contributed by atoms with Crippen LogP contribution in [0.2, 0.25) is 0 Å². The zero-order chi connectivity index (χ0) is 19.9. The maximum absolute atomic E-state index is 13.8. The van der Waals surface area contributed by atoms with Crippen molar-refractivity contribution in [3.8, 4) is 0 Å². The summed E-state index contributed by atoms with van der Waals surface area (Å²) < 4.78 is 14.9. The van der Waals surface area contributed by atoms with Crippen LogP contribution >= 0.6 is 22.6 Å². The second kappa shape index (κ2) is 10.2. The van der Waals surface area contributed by atoms with E-state index in [2.05, 4.69) is 44.2 Å². The van der Waals surface area contributed by atoms with Gasteiger partial charge in [0.15, 0.2) is 0 Å². The normalized spacial score (nSPS) is 14.7. The molecule has 3 rings (SSSR count). The summed E-state index contributed by atoms with van der Waals surface area (Å²) >= 11 is 2.26. The molecule has 0 aliphatic carbocycles. The second-order valence-corrected chi connectivity index (χ2v) is 8.53. The van der Waals surface area contributed by atoms with Gasteiger partial charge in [-0.2, -0.15) is 0 Å². The molecule has 2 aromatic rings. The van der Waals surface area contributed by atoms with Gasteiger partial charge in [-0.05, 0) is 110 Å². The second-order valence-electron chi connectivity index (χ2n) is 7.29. The molecular formula is C22H27FIN3O. The summed E-state index contributed by atoms with van der Waals surface area (Å²) in [5.41, 5.74) is 2.92. The number of aryl methyl sites for hydroxylation is 1. The lowest BCUT2D eigenvalue weighted by Gasteiger charge is -2.26. The minimum absolute atomic E-state index is 0.246. The third-order valence-corrected chi connectivity index (χ3v) is 5.74. The molecule has 0 saturated carbocycles. The number of anilines is 2. The van der Waals surface area contributed by atoms with Gasteiger partial charge in [-0.3, -0.25) is 4.79 Å². The van der Waals surface area contributed by atoms with Gasteiger partial charge in [0.2, 0.25) is 0 Å². The molecule has 2 aromatic carbocycles. The quantitative estimate of drug-likeness (QED) is 0.416. The van der Waals surface area contributed by atoms with E-state index in [1.807, 2.05) is 19.1 Å². The molecule has 0 radical (unpaired) electrons. The molecule has 150 valence electrons. The number of hydrogen-bond donors (Lipinski definition) is 2. The van der Waals surface area contributed by atoms with Crippen molar-refractivity contribution >= 4 is 39.9 Å². The van der Waals surface area contributed by atoms with E-state index in [9.17, 15) is 9.18 Å². The lowest BCUT2D eigenvalue weighted by Crippen LogP contribution is -2.33. The monoisotopic (exact) mass is 495 g/mol. The zero-order valence-electron chi connectivity index (χ0n) is 16.2. The Hall–Kier alpha value is -1.67. The van der Waals surface area contributed by atoms with E-state index in [1.165, 1.54) is 31.4 Å². The summed E-state index contributed by atoms with van der Waals surface area (Å²) in [7, 11) is 0. The van der Waals surface area contributed by atoms with Crippen LogP contribution in [0.1, 0.15) is 41.6 Å². The number of rotatable bonds is 7. The number of hydrogen-bond acceptors (Lipinski definition) is 3. The maximum atomic E-state index is 13.8. The van der Waals surface area contributed by atoms with Crippen molar-refractivity contribution in [1.82, 2.24) is 10.2 Å². The molecule has 1 amide bonds. The Bertz CT molecular complexity index is 821. The summed E-state index contributed by atoms with van der Waals surface area (Å²) in [5, 5.41) is 6.22. The van der Waals surface area contributed by atoms with E-state index < -0.39 is 5.82 Å². The predicted molar refractivity (Wildman–Crippen MR) is 121 cm³/mol. The van der Waals surface area contributed by atoms with Crippen molar-refractivity contribution in [3.05, 3.63) is 56.9 Å². The van der Waals surface area contributed by atoms with E-state index >= 15 is 0 Å². The van der Waals surface area contributed by atoms with Crippen LogP contribution < -0.4 is 10.6 Å². The van der Waals surface area contributed by atoms with Crippen molar-refractivity contribution < 1.29 is 9.18 Å². The molecule has 0 atom stereocenters. The zero-order valence-corrected chi connectivity index (χ0v) is 18.4. The Balaban J connectivity index is 1.61. The standard InChI is InChI=1S/C22H27FIN3O/c1-16-14-18(24)7-9-20(16)26-21-8-6-17(23)15-19(21)22(28)25-10-5-13-27-11-3-2-4-12-27/h6-9,14-15,26H,2-5,10-13H2,1H3,(H,25,28). The number of nitrogens with one attached hydrogen (secondary N) is 2. The Morgan fingerprint density at radius 2 is 1.86 bits per heavy atom. The van der Waals surface area contributed by atoms with Gasteiger partial charge >= 0.3 is 0 Å². The highest BCUT2D eigenvalue weighted by atomic mass is 127. The van der Waals surface area contributed by atoms with Crippen LogP contribution in [0.25, 0.3) is 0 Å². The summed E-state index contributed by atoms with van der Waals surface area (Å²) in [6.45, 7) is 5.90. The van der Waals surface area contributed by atoms with Gasteiger partial charge in [0.05, 0.1) is 11.3 Å². The van der Waals surface area contributed by atoms with E-state index in [0.717, 1.165) is 40.9 Å². The number of carbonyl (C=O) groups excluding carboxylic acids is 1. The number of nitrogens with zero attached hydrogens (tertiary/aromatic N) is 1. The summed E-state index contributed by atoms with van der Waals surface area (Å²) in [5.74, 6) is -0.660. The largest absolute Gasteiger partial charge is 0.355 e. The summed E-state index contributed by atoms with van der Waals surface area (Å²) in [6, 6.07) is 10.3. The first kappa shape index (κ1) is 21.0. The first-order valence-electron chi connectivity index (χ1n) is 9.86. The number of halogens is 2. The van der Waals surface area contributed by atoms with E-state index in [4.69, 9.17) is 0 Å². The lowest BCUT2D eigenvalue weighted by molar-refractivity contribution is 0.0951. The fraction of sp³-hybridized carbons (Fsp3) is 0.409. The Morgan fingerprint density at radius 1 is 1.11 bits per heavy atom. The predicted octanol–water partition coefficient (Wildman–Crippen LogP) is 5.09. The van der Waals surface area contributed by atoms with Crippen molar-refractivity contribution in [2.24, 2.45) is 0 Å². The van der Waals surface area contributed by atoms with Crippen LogP contribution in [0.4, 0.5) is 15.8 Å². The highest BCUT2D eigenvalue weighted by Crippen LogP contribution is 2.25. The molecule has 0 aromatic heterocycles. The topological polar surface area (TPSA) is 44.4 Å². The average molecular weight is 495 g/mol. The van der Waals surface area contributed by atoms with Crippen LogP contribution in [-0.4, -0.2) is 37.0 Å². The lowest BCUT2D eigenvalue weighted by atomic mass is 10.1. The van der Waals surface area contributed by atoms with Gasteiger partial charge in [-0.1, -0.05) is 6.42 Å². The fourth-order valence-electron chi connectivity index (χ4n) is 3.51. The smallest absolute Gasteiger partial charge is 0.253 e.